The number of anilines is 2. The van der Waals surface area contributed by atoms with Crippen LogP contribution in [0.15, 0.2) is 6.33 Å². The van der Waals surface area contributed by atoms with Gasteiger partial charge in [0.1, 0.15) is 6.33 Å². The van der Waals surface area contributed by atoms with Crippen LogP contribution in [0.25, 0.3) is 0 Å². The summed E-state index contributed by atoms with van der Waals surface area (Å²) in [4.78, 5) is 23.2. The zero-order valence-corrected chi connectivity index (χ0v) is 13.2. The lowest BCUT2D eigenvalue weighted by molar-refractivity contribution is -0.383. The Kier molecular flexibility index (Phi) is 4.87. The number of ether oxygens (including phenoxy) is 2. The van der Waals surface area contributed by atoms with E-state index >= 15 is 0 Å². The van der Waals surface area contributed by atoms with Crippen molar-refractivity contribution < 1.29 is 14.4 Å². The topological polar surface area (TPSA) is 93.9 Å². The van der Waals surface area contributed by atoms with Crippen LogP contribution in [-0.4, -0.2) is 61.1 Å². The second-order valence-electron chi connectivity index (χ2n) is 5.73. The molecule has 0 radical (unpaired) electrons. The van der Waals surface area contributed by atoms with E-state index in [1.807, 2.05) is 4.90 Å². The van der Waals surface area contributed by atoms with E-state index in [2.05, 4.69) is 9.97 Å². The van der Waals surface area contributed by atoms with Crippen LogP contribution >= 0.6 is 0 Å². The van der Waals surface area contributed by atoms with Crippen molar-refractivity contribution in [1.82, 2.24) is 9.97 Å². The van der Waals surface area contributed by atoms with E-state index in [-0.39, 0.29) is 12.0 Å². The molecule has 0 saturated carbocycles. The first kappa shape index (κ1) is 15.9. The average molecular weight is 323 g/mol. The molecule has 1 aromatic rings. The van der Waals surface area contributed by atoms with E-state index in [1.54, 1.807) is 11.9 Å². The Balaban J connectivity index is 1.87. The summed E-state index contributed by atoms with van der Waals surface area (Å²) in [5.41, 5.74) is -0.0464. The second kappa shape index (κ2) is 7.05. The molecular formula is C14H21N5O4. The molecule has 0 aliphatic carbocycles. The fourth-order valence-corrected chi connectivity index (χ4v) is 2.96. The number of piperidine rings is 1. The fourth-order valence-electron chi connectivity index (χ4n) is 2.96. The zero-order chi connectivity index (χ0) is 16.2. The third kappa shape index (κ3) is 3.50. The van der Waals surface area contributed by atoms with Gasteiger partial charge in [-0.05, 0) is 19.3 Å². The summed E-state index contributed by atoms with van der Waals surface area (Å²) in [5.74, 6) is 0.699. The van der Waals surface area contributed by atoms with Crippen molar-refractivity contribution in [2.75, 3.05) is 49.7 Å². The standard InChI is InChI=1S/C14H21N5O4/c1-17(9-11-22-7-8-23-11)13-12(19(20)21)14(16-10-15-13)18-5-3-2-4-6-18/h10-11H,2-9H2,1H3. The summed E-state index contributed by atoms with van der Waals surface area (Å²) in [6.45, 7) is 3.05. The molecule has 2 aliphatic rings. The zero-order valence-electron chi connectivity index (χ0n) is 13.2. The predicted molar refractivity (Wildman–Crippen MR) is 83.7 cm³/mol. The highest BCUT2D eigenvalue weighted by Gasteiger charge is 2.31. The molecule has 0 spiro atoms. The number of hydrogen-bond donors (Lipinski definition) is 0. The van der Waals surface area contributed by atoms with Gasteiger partial charge in [0.2, 0.25) is 11.6 Å². The van der Waals surface area contributed by atoms with Gasteiger partial charge >= 0.3 is 5.69 Å². The van der Waals surface area contributed by atoms with Gasteiger partial charge in [0.05, 0.1) is 24.7 Å². The second-order valence-corrected chi connectivity index (χ2v) is 5.73. The van der Waals surface area contributed by atoms with Crippen molar-refractivity contribution >= 4 is 17.3 Å². The molecule has 2 saturated heterocycles. The highest BCUT2D eigenvalue weighted by atomic mass is 16.7. The molecule has 0 aromatic carbocycles. The molecule has 0 N–H and O–H groups in total. The van der Waals surface area contributed by atoms with E-state index < -0.39 is 4.92 Å². The van der Waals surface area contributed by atoms with E-state index in [9.17, 15) is 10.1 Å². The Morgan fingerprint density at radius 2 is 2.00 bits per heavy atom. The van der Waals surface area contributed by atoms with Crippen molar-refractivity contribution in [3.05, 3.63) is 16.4 Å². The van der Waals surface area contributed by atoms with E-state index in [0.717, 1.165) is 32.4 Å². The first-order valence-corrected chi connectivity index (χ1v) is 7.85. The Labute approximate surface area is 134 Å². The molecule has 0 amide bonds. The van der Waals surface area contributed by atoms with Gasteiger partial charge in [0, 0.05) is 20.1 Å². The van der Waals surface area contributed by atoms with Crippen LogP contribution < -0.4 is 9.80 Å². The number of likely N-dealkylation sites (N-methyl/N-ethyl adjacent to an activating group) is 1. The Bertz CT molecular complexity index is 558. The number of nitrogens with zero attached hydrogens (tertiary/aromatic N) is 5. The summed E-state index contributed by atoms with van der Waals surface area (Å²) < 4.78 is 10.8. The Morgan fingerprint density at radius 3 is 2.65 bits per heavy atom. The van der Waals surface area contributed by atoms with Gasteiger partial charge in [-0.1, -0.05) is 0 Å². The number of hydrogen-bond acceptors (Lipinski definition) is 8. The van der Waals surface area contributed by atoms with Crippen molar-refractivity contribution in [2.24, 2.45) is 0 Å². The quantitative estimate of drug-likeness (QED) is 0.589. The molecule has 3 rings (SSSR count). The first-order valence-electron chi connectivity index (χ1n) is 7.85. The van der Waals surface area contributed by atoms with Gasteiger partial charge in [-0.3, -0.25) is 10.1 Å². The van der Waals surface area contributed by atoms with Crippen LogP contribution in [0.5, 0.6) is 0 Å². The van der Waals surface area contributed by atoms with Crippen LogP contribution in [0.2, 0.25) is 0 Å². The summed E-state index contributed by atoms with van der Waals surface area (Å²) in [6, 6.07) is 0. The Hall–Kier alpha value is -2.00. The maximum Gasteiger partial charge on any atom is 0.353 e. The maximum atomic E-state index is 11.6. The predicted octanol–water partition coefficient (Wildman–Crippen LogP) is 1.18. The molecule has 2 aliphatic heterocycles. The molecule has 0 unspecified atom stereocenters. The number of nitro groups is 1. The summed E-state index contributed by atoms with van der Waals surface area (Å²) >= 11 is 0. The molecule has 1 aromatic heterocycles. The fraction of sp³-hybridized carbons (Fsp3) is 0.714. The van der Waals surface area contributed by atoms with Crippen LogP contribution in [-0.2, 0) is 9.47 Å². The largest absolute Gasteiger partial charge is 0.353 e. The molecule has 0 atom stereocenters. The van der Waals surface area contributed by atoms with Gasteiger partial charge in [-0.25, -0.2) is 9.97 Å². The summed E-state index contributed by atoms with van der Waals surface area (Å²) in [5, 5.41) is 11.6. The van der Waals surface area contributed by atoms with Gasteiger partial charge in [-0.15, -0.1) is 0 Å². The third-order valence-electron chi connectivity index (χ3n) is 4.10. The van der Waals surface area contributed by atoms with Crippen molar-refractivity contribution in [2.45, 2.75) is 25.6 Å². The van der Waals surface area contributed by atoms with E-state index in [1.165, 1.54) is 6.33 Å². The van der Waals surface area contributed by atoms with E-state index in [4.69, 9.17) is 9.47 Å². The molecule has 9 nitrogen and oxygen atoms in total. The smallest absolute Gasteiger partial charge is 0.351 e. The average Bonchev–Trinajstić information content (AvgIpc) is 3.07. The maximum absolute atomic E-state index is 11.6. The molecule has 0 bridgehead atoms. The lowest BCUT2D eigenvalue weighted by Gasteiger charge is -2.28. The highest BCUT2D eigenvalue weighted by molar-refractivity contribution is 5.71. The van der Waals surface area contributed by atoms with Crippen molar-refractivity contribution in [3.8, 4) is 0 Å². The SMILES string of the molecule is CN(CC1OCCO1)c1ncnc(N2CCCCC2)c1[N+](=O)[O-]. The number of aromatic nitrogens is 2. The first-order chi connectivity index (χ1) is 11.2. The van der Waals surface area contributed by atoms with Gasteiger partial charge in [0.15, 0.2) is 6.29 Å². The third-order valence-corrected chi connectivity index (χ3v) is 4.10. The minimum atomic E-state index is -0.397. The lowest BCUT2D eigenvalue weighted by atomic mass is 10.1. The van der Waals surface area contributed by atoms with Gasteiger partial charge in [0.25, 0.3) is 0 Å². The van der Waals surface area contributed by atoms with Crippen LogP contribution in [0.4, 0.5) is 17.3 Å². The normalized spacial score (nSPS) is 19.1. The number of rotatable bonds is 5. The minimum absolute atomic E-state index is 0.0464. The highest BCUT2D eigenvalue weighted by Crippen LogP contribution is 2.35. The van der Waals surface area contributed by atoms with Crippen LogP contribution in [0.1, 0.15) is 19.3 Å². The molecule has 23 heavy (non-hydrogen) atoms. The molecule has 3 heterocycles. The van der Waals surface area contributed by atoms with E-state index in [0.29, 0.717) is 31.4 Å². The van der Waals surface area contributed by atoms with Crippen molar-refractivity contribution in [1.29, 1.82) is 0 Å². The van der Waals surface area contributed by atoms with Crippen LogP contribution in [0, 0.1) is 10.1 Å². The molecule has 9 heteroatoms. The summed E-state index contributed by atoms with van der Waals surface area (Å²) in [7, 11) is 1.75. The molecule has 2 fully saturated rings. The molecule has 126 valence electrons. The Morgan fingerprint density at radius 1 is 1.30 bits per heavy atom. The van der Waals surface area contributed by atoms with Gasteiger partial charge in [-0.2, -0.15) is 0 Å². The minimum Gasteiger partial charge on any atom is -0.351 e. The lowest BCUT2D eigenvalue weighted by Crippen LogP contribution is -2.33. The molecular weight excluding hydrogens is 302 g/mol. The monoisotopic (exact) mass is 323 g/mol. The van der Waals surface area contributed by atoms with Crippen molar-refractivity contribution in [3.63, 3.8) is 0 Å². The summed E-state index contributed by atoms with van der Waals surface area (Å²) in [6.07, 6.45) is 4.21. The van der Waals surface area contributed by atoms with Gasteiger partial charge < -0.3 is 19.3 Å². The van der Waals surface area contributed by atoms with Crippen LogP contribution in [0.3, 0.4) is 0 Å².